The summed E-state index contributed by atoms with van der Waals surface area (Å²) >= 11 is 3.23. The van der Waals surface area contributed by atoms with Gasteiger partial charge < -0.3 is 15.6 Å². The summed E-state index contributed by atoms with van der Waals surface area (Å²) in [5.74, 6) is 0.844. The van der Waals surface area contributed by atoms with Gasteiger partial charge in [0.15, 0.2) is 5.82 Å². The monoisotopic (exact) mass is 311 g/mol. The number of nitrogen functional groups attached to an aromatic ring is 1. The van der Waals surface area contributed by atoms with E-state index in [0.717, 1.165) is 0 Å². The lowest BCUT2D eigenvalue weighted by Crippen LogP contribution is -2.23. The number of hydrogen-bond donors (Lipinski definition) is 2. The first-order valence-electron chi connectivity index (χ1n) is 5.04. The predicted octanol–water partition coefficient (Wildman–Crippen LogP) is 1.05. The molecule has 0 spiro atoms. The summed E-state index contributed by atoms with van der Waals surface area (Å²) < 4.78 is 5.45. The van der Waals surface area contributed by atoms with Gasteiger partial charge in [-0.25, -0.2) is 4.98 Å². The Morgan fingerprint density at radius 3 is 3.06 bits per heavy atom. The summed E-state index contributed by atoms with van der Waals surface area (Å²) in [4.78, 5) is 19.7. The van der Waals surface area contributed by atoms with Gasteiger partial charge in [-0.15, -0.1) is 0 Å². The average Bonchev–Trinajstić information content (AvgIpc) is 2.75. The minimum absolute atomic E-state index is 0.161. The Hall–Kier alpha value is -1.96. The molecule has 0 saturated heterocycles. The minimum Gasteiger partial charge on any atom is -0.384 e. The van der Waals surface area contributed by atoms with Crippen molar-refractivity contribution in [3.8, 4) is 0 Å². The zero-order valence-electron chi connectivity index (χ0n) is 9.48. The number of aromatic nitrogens is 3. The number of nitrogens with one attached hydrogen (secondary N) is 1. The van der Waals surface area contributed by atoms with E-state index in [2.05, 4.69) is 36.4 Å². The van der Waals surface area contributed by atoms with Crippen LogP contribution in [0, 0.1) is 6.92 Å². The lowest BCUT2D eigenvalue weighted by molar-refractivity contribution is 0.0945. The summed E-state index contributed by atoms with van der Waals surface area (Å²) in [6.07, 6.45) is 1.47. The largest absolute Gasteiger partial charge is 0.384 e. The Bertz CT molecular complexity index is 583. The maximum absolute atomic E-state index is 11.9. The number of carbonyl (C=O) groups excluding carboxylic acids is 1. The Labute approximate surface area is 111 Å². The van der Waals surface area contributed by atoms with E-state index in [9.17, 15) is 4.79 Å². The number of anilines is 1. The molecule has 2 heterocycles. The first kappa shape index (κ1) is 12.5. The molecule has 2 aromatic rings. The minimum atomic E-state index is -0.299. The van der Waals surface area contributed by atoms with Gasteiger partial charge in [0.05, 0.1) is 12.1 Å². The van der Waals surface area contributed by atoms with Crippen LogP contribution in [0.2, 0.25) is 0 Å². The van der Waals surface area contributed by atoms with Crippen LogP contribution >= 0.6 is 15.9 Å². The zero-order valence-corrected chi connectivity index (χ0v) is 11.1. The van der Waals surface area contributed by atoms with Crippen molar-refractivity contribution >= 4 is 27.7 Å². The molecule has 0 bridgehead atoms. The van der Waals surface area contributed by atoms with E-state index in [-0.39, 0.29) is 18.3 Å². The van der Waals surface area contributed by atoms with Crippen LogP contribution in [0.15, 0.2) is 21.3 Å². The topological polar surface area (TPSA) is 107 Å². The summed E-state index contributed by atoms with van der Waals surface area (Å²) in [5.41, 5.74) is 5.92. The van der Waals surface area contributed by atoms with E-state index in [4.69, 9.17) is 10.3 Å². The van der Waals surface area contributed by atoms with Gasteiger partial charge in [-0.1, -0.05) is 5.16 Å². The van der Waals surface area contributed by atoms with Crippen molar-refractivity contribution in [2.75, 3.05) is 5.73 Å². The lowest BCUT2D eigenvalue weighted by Gasteiger charge is -2.05. The molecule has 0 aliphatic carbocycles. The molecule has 0 radical (unpaired) electrons. The van der Waals surface area contributed by atoms with Crippen molar-refractivity contribution in [2.24, 2.45) is 0 Å². The maximum atomic E-state index is 11.9. The van der Waals surface area contributed by atoms with E-state index >= 15 is 0 Å². The molecule has 8 heteroatoms. The number of aryl methyl sites for hydroxylation is 1. The van der Waals surface area contributed by atoms with Crippen LogP contribution < -0.4 is 11.1 Å². The molecule has 0 fully saturated rings. The van der Waals surface area contributed by atoms with E-state index in [1.54, 1.807) is 6.92 Å². The molecule has 0 unspecified atom stereocenters. The first-order chi connectivity index (χ1) is 8.56. The van der Waals surface area contributed by atoms with Crippen LogP contribution in [0.1, 0.15) is 22.1 Å². The molecule has 1 amide bonds. The Kier molecular flexibility index (Phi) is 3.56. The van der Waals surface area contributed by atoms with Gasteiger partial charge in [0, 0.05) is 10.7 Å². The third-order valence-electron chi connectivity index (χ3n) is 2.09. The lowest BCUT2D eigenvalue weighted by atomic mass is 10.2. The maximum Gasteiger partial charge on any atom is 0.253 e. The van der Waals surface area contributed by atoms with Gasteiger partial charge in [-0.2, -0.15) is 4.98 Å². The number of halogens is 1. The number of rotatable bonds is 3. The third kappa shape index (κ3) is 2.83. The van der Waals surface area contributed by atoms with Crippen LogP contribution in [0.25, 0.3) is 0 Å². The van der Waals surface area contributed by atoms with Crippen molar-refractivity contribution in [1.82, 2.24) is 20.4 Å². The quantitative estimate of drug-likeness (QED) is 0.877. The molecule has 18 heavy (non-hydrogen) atoms. The first-order valence-corrected chi connectivity index (χ1v) is 5.84. The van der Waals surface area contributed by atoms with Crippen molar-refractivity contribution in [1.29, 1.82) is 0 Å². The van der Waals surface area contributed by atoms with Gasteiger partial charge in [-0.3, -0.25) is 4.79 Å². The van der Waals surface area contributed by atoms with Gasteiger partial charge in [-0.05, 0) is 28.9 Å². The van der Waals surface area contributed by atoms with Gasteiger partial charge in [0.2, 0.25) is 5.89 Å². The summed E-state index contributed by atoms with van der Waals surface area (Å²) in [6, 6.07) is 1.48. The van der Waals surface area contributed by atoms with Gasteiger partial charge in [0.1, 0.15) is 5.82 Å². The molecule has 94 valence electrons. The molecule has 2 rings (SSSR count). The van der Waals surface area contributed by atoms with E-state index < -0.39 is 0 Å². The molecular weight excluding hydrogens is 302 g/mol. The SMILES string of the molecule is Cc1noc(CNC(=O)c2cc(N)ncc2Br)n1. The fourth-order valence-electron chi connectivity index (χ4n) is 1.29. The van der Waals surface area contributed by atoms with Gasteiger partial charge >= 0.3 is 0 Å². The average molecular weight is 312 g/mol. The van der Waals surface area contributed by atoms with Crippen molar-refractivity contribution in [3.63, 3.8) is 0 Å². The fraction of sp³-hybridized carbons (Fsp3) is 0.200. The molecule has 0 atom stereocenters. The third-order valence-corrected chi connectivity index (χ3v) is 2.72. The Morgan fingerprint density at radius 1 is 1.61 bits per heavy atom. The van der Waals surface area contributed by atoms with Crippen LogP contribution in [0.3, 0.4) is 0 Å². The normalized spacial score (nSPS) is 10.3. The number of hydrogen-bond acceptors (Lipinski definition) is 6. The molecule has 0 aliphatic rings. The second-order valence-corrected chi connectivity index (χ2v) is 4.36. The second kappa shape index (κ2) is 5.13. The standard InChI is InChI=1S/C10H10BrN5O2/c1-5-15-9(18-16-5)4-14-10(17)6-2-8(12)13-3-7(6)11/h2-3H,4H2,1H3,(H2,12,13)(H,14,17). The molecule has 7 nitrogen and oxygen atoms in total. The highest BCUT2D eigenvalue weighted by molar-refractivity contribution is 9.10. The molecule has 2 aromatic heterocycles. The van der Waals surface area contributed by atoms with Crippen LogP contribution in [0.4, 0.5) is 5.82 Å². The molecule has 0 aliphatic heterocycles. The molecule has 3 N–H and O–H groups in total. The van der Waals surface area contributed by atoms with Crippen LogP contribution in [-0.2, 0) is 6.54 Å². The number of pyridine rings is 1. The smallest absolute Gasteiger partial charge is 0.253 e. The number of carbonyl (C=O) groups is 1. The van der Waals surface area contributed by atoms with Crippen molar-refractivity contribution in [3.05, 3.63) is 34.0 Å². The van der Waals surface area contributed by atoms with Crippen LogP contribution in [0.5, 0.6) is 0 Å². The molecule has 0 saturated carbocycles. The Morgan fingerprint density at radius 2 is 2.39 bits per heavy atom. The zero-order chi connectivity index (χ0) is 13.1. The van der Waals surface area contributed by atoms with E-state index in [1.807, 2.05) is 0 Å². The highest BCUT2D eigenvalue weighted by atomic mass is 79.9. The summed E-state index contributed by atoms with van der Waals surface area (Å²) in [5, 5.41) is 6.27. The number of amides is 1. The number of nitrogens with zero attached hydrogens (tertiary/aromatic N) is 3. The van der Waals surface area contributed by atoms with Crippen LogP contribution in [-0.4, -0.2) is 21.0 Å². The second-order valence-electron chi connectivity index (χ2n) is 3.51. The highest BCUT2D eigenvalue weighted by Gasteiger charge is 2.12. The van der Waals surface area contributed by atoms with E-state index in [0.29, 0.717) is 21.8 Å². The predicted molar refractivity (Wildman–Crippen MR) is 66.6 cm³/mol. The van der Waals surface area contributed by atoms with Crippen molar-refractivity contribution in [2.45, 2.75) is 13.5 Å². The molecular formula is C10H10BrN5O2. The summed E-state index contributed by atoms with van der Waals surface area (Å²) in [7, 11) is 0. The summed E-state index contributed by atoms with van der Waals surface area (Å²) in [6.45, 7) is 1.86. The van der Waals surface area contributed by atoms with Gasteiger partial charge in [0.25, 0.3) is 5.91 Å². The fourth-order valence-corrected chi connectivity index (χ4v) is 1.69. The Balaban J connectivity index is 2.05. The molecule has 0 aromatic carbocycles. The van der Waals surface area contributed by atoms with E-state index in [1.165, 1.54) is 12.3 Å². The number of nitrogens with two attached hydrogens (primary N) is 1. The van der Waals surface area contributed by atoms with Crippen molar-refractivity contribution < 1.29 is 9.32 Å². The highest BCUT2D eigenvalue weighted by Crippen LogP contribution is 2.17.